The molecule has 0 amide bonds. The zero-order chi connectivity index (χ0) is 77.5. The van der Waals surface area contributed by atoms with Gasteiger partial charge in [-0.05, 0) is 247 Å². The molecule has 0 radical (unpaired) electrons. The smallest absolute Gasteiger partial charge is 0.0712 e. The molecular weight excluding hydrogens is 1380 g/mol. The van der Waals surface area contributed by atoms with Crippen LogP contribution in [0.5, 0.6) is 0 Å². The van der Waals surface area contributed by atoms with E-state index in [0.717, 1.165) is 67.9 Å². The Morgan fingerprint density at radius 1 is 0.193 bits per heavy atom. The first kappa shape index (κ1) is 77.2. The second-order valence-corrected chi connectivity index (χ2v) is 33.8. The Morgan fingerprint density at radius 2 is 0.509 bits per heavy atom. The van der Waals surface area contributed by atoms with E-state index >= 15 is 0 Å². The number of para-hydroxylation sites is 3. The Labute approximate surface area is 678 Å². The van der Waals surface area contributed by atoms with Crippen molar-refractivity contribution in [2.24, 2.45) is 0 Å². The van der Waals surface area contributed by atoms with Crippen molar-refractivity contribution >= 4 is 54.5 Å². The van der Waals surface area contributed by atoms with E-state index in [0.29, 0.717) is 17.8 Å². The van der Waals surface area contributed by atoms with Gasteiger partial charge in [0.05, 0.1) is 56.1 Å². The first-order valence-electron chi connectivity index (χ1n) is 43.4. The lowest BCUT2D eigenvalue weighted by atomic mass is 9.82. The molecule has 5 aromatic heterocycles. The van der Waals surface area contributed by atoms with E-state index in [9.17, 15) is 0 Å². The van der Waals surface area contributed by atoms with Crippen LogP contribution in [0.3, 0.4) is 0 Å². The van der Waals surface area contributed by atoms with Gasteiger partial charge in [-0.25, -0.2) is 24.9 Å². The van der Waals surface area contributed by atoms with Crippen LogP contribution >= 0.6 is 0 Å². The number of hydrogen-bond acceptors (Lipinski definition) is 5. The normalized spacial score (nSPS) is 15.8. The quantitative estimate of drug-likeness (QED) is 0.137. The zero-order valence-corrected chi connectivity index (χ0v) is 68.1. The van der Waals surface area contributed by atoms with Gasteiger partial charge in [-0.2, -0.15) is 0 Å². The van der Waals surface area contributed by atoms with E-state index in [1.165, 1.54) is 264 Å². The van der Waals surface area contributed by atoms with Crippen molar-refractivity contribution in [2.45, 2.75) is 218 Å². The molecule has 5 fully saturated rings. The minimum atomic E-state index is 0.691. The summed E-state index contributed by atoms with van der Waals surface area (Å²) in [5.41, 5.74) is 31.2. The molecule has 574 valence electrons. The van der Waals surface area contributed by atoms with Gasteiger partial charge in [-0.3, -0.25) is 0 Å². The van der Waals surface area contributed by atoms with Crippen molar-refractivity contribution in [3.05, 3.63) is 329 Å². The third-order valence-corrected chi connectivity index (χ3v) is 25.2. The van der Waals surface area contributed by atoms with Gasteiger partial charge in [0.2, 0.25) is 0 Å². The van der Waals surface area contributed by atoms with Crippen LogP contribution in [0, 0.1) is 34.6 Å². The fourth-order valence-electron chi connectivity index (χ4n) is 19.5. The minimum absolute atomic E-state index is 0.691. The summed E-state index contributed by atoms with van der Waals surface area (Å²) in [7, 11) is 0. The summed E-state index contributed by atoms with van der Waals surface area (Å²) in [5, 5.41) is 6.61. The van der Waals surface area contributed by atoms with Gasteiger partial charge in [-0.15, -0.1) is 0 Å². The maximum atomic E-state index is 4.98. The highest BCUT2D eigenvalue weighted by Crippen LogP contribution is 2.44. The third kappa shape index (κ3) is 18.9. The standard InChI is InChI=1S/C23H25N.2C22H23N.2C21H21N/c1-16-12-17(2)14-19(13-16)23-15-21(18-8-4-3-5-9-18)20-10-6-7-11-22(20)24-23;1-15-11-16(2)13-20(12-15)21-10-9-18-7-8-19(14-22(18)23-21)17-5-3-4-6-17;1-16-8-7-11-18(14-16)22-15-20(17-9-3-2-4-10-17)19-12-5-6-13-21(19)23-22;1-3-9-16(10-4-1)19-15-21(17-11-5-2-6-12-17)22-20-14-8-7-13-18(19)20;1-3-8-16(9-4-1)18-12-7-13-21-19(18)14-15-20(22-21)17-10-5-2-6-11-17/h6-7,10-15,18H,3-5,8-9H2,1-2H3;7-14,17H,3-6H2,1-2H3;5-8,11-15,17H,2-4,9-10H2,1H3;2,5-8,11-16H,1,3-4,9-10H2;2,5-7,10-16H,1,3-4,8-9H2. The molecule has 0 spiro atoms. The maximum absolute atomic E-state index is 4.98. The van der Waals surface area contributed by atoms with E-state index in [1.807, 2.05) is 6.07 Å². The summed E-state index contributed by atoms with van der Waals surface area (Å²) in [6, 6.07) is 98.3. The molecule has 5 heteroatoms. The molecule has 20 rings (SSSR count). The zero-order valence-electron chi connectivity index (χ0n) is 68.1. The molecule has 114 heavy (non-hydrogen) atoms. The number of aryl methyl sites for hydroxylation is 5. The molecule has 0 unspecified atom stereocenters. The fraction of sp³-hybridized carbons (Fsp3) is 0.312. The number of hydrogen-bond donors (Lipinski definition) is 0. The van der Waals surface area contributed by atoms with Gasteiger partial charge in [0.25, 0.3) is 0 Å². The van der Waals surface area contributed by atoms with Gasteiger partial charge in [0.1, 0.15) is 0 Å². The lowest BCUT2D eigenvalue weighted by Gasteiger charge is -2.24. The van der Waals surface area contributed by atoms with Crippen molar-refractivity contribution in [2.75, 3.05) is 0 Å². The Morgan fingerprint density at radius 3 is 0.982 bits per heavy atom. The van der Waals surface area contributed by atoms with E-state index < -0.39 is 0 Å². The maximum Gasteiger partial charge on any atom is 0.0712 e. The van der Waals surface area contributed by atoms with E-state index in [4.69, 9.17) is 24.9 Å². The summed E-state index contributed by atoms with van der Waals surface area (Å²) in [6.07, 6.45) is 32.5. The van der Waals surface area contributed by atoms with Crippen LogP contribution in [0.2, 0.25) is 0 Å². The number of fused-ring (bicyclic) bond motifs is 5. The summed E-state index contributed by atoms with van der Waals surface area (Å²) in [4.78, 5) is 24.7. The Hall–Kier alpha value is -10.8. The van der Waals surface area contributed by atoms with Crippen LogP contribution in [0.4, 0.5) is 0 Å². The van der Waals surface area contributed by atoms with Gasteiger partial charge < -0.3 is 0 Å². The molecule has 0 bridgehead atoms. The molecule has 15 aromatic rings. The number of rotatable bonds is 10. The highest BCUT2D eigenvalue weighted by atomic mass is 14.7. The highest BCUT2D eigenvalue weighted by Gasteiger charge is 2.25. The molecule has 5 saturated carbocycles. The molecule has 0 saturated heterocycles. The predicted octanol–water partition coefficient (Wildman–Crippen LogP) is 30.9. The minimum Gasteiger partial charge on any atom is -0.248 e. The molecule has 0 aliphatic heterocycles. The lowest BCUT2D eigenvalue weighted by molar-refractivity contribution is 0.445. The van der Waals surface area contributed by atoms with Crippen molar-refractivity contribution in [3.8, 4) is 56.3 Å². The molecule has 0 N–H and O–H groups in total. The van der Waals surface area contributed by atoms with Crippen molar-refractivity contribution < 1.29 is 0 Å². The van der Waals surface area contributed by atoms with Crippen LogP contribution < -0.4 is 0 Å². The van der Waals surface area contributed by atoms with E-state index in [-0.39, 0.29) is 0 Å². The predicted molar refractivity (Wildman–Crippen MR) is 484 cm³/mol. The summed E-state index contributed by atoms with van der Waals surface area (Å²) in [5.74, 6) is 3.55. The largest absolute Gasteiger partial charge is 0.248 e. The molecule has 10 aromatic carbocycles. The van der Waals surface area contributed by atoms with Crippen LogP contribution in [0.25, 0.3) is 111 Å². The lowest BCUT2D eigenvalue weighted by Crippen LogP contribution is -2.06. The molecule has 5 heterocycles. The second-order valence-electron chi connectivity index (χ2n) is 33.8. The average molecular weight is 1490 g/mol. The van der Waals surface area contributed by atoms with Gasteiger partial charge in [0, 0.05) is 54.7 Å². The van der Waals surface area contributed by atoms with Gasteiger partial charge in [0.15, 0.2) is 0 Å². The van der Waals surface area contributed by atoms with Gasteiger partial charge >= 0.3 is 0 Å². The Kier molecular flexibility index (Phi) is 25.1. The number of aromatic nitrogens is 5. The number of pyridine rings is 5. The van der Waals surface area contributed by atoms with E-state index in [1.54, 1.807) is 0 Å². The van der Waals surface area contributed by atoms with Crippen LogP contribution in [-0.2, 0) is 0 Å². The number of nitrogens with zero attached hydrogens (tertiary/aromatic N) is 5. The highest BCUT2D eigenvalue weighted by molar-refractivity contribution is 5.90. The van der Waals surface area contributed by atoms with E-state index in [2.05, 4.69) is 302 Å². The summed E-state index contributed by atoms with van der Waals surface area (Å²) >= 11 is 0. The Balaban J connectivity index is 0.000000107. The summed E-state index contributed by atoms with van der Waals surface area (Å²) < 4.78 is 0. The van der Waals surface area contributed by atoms with Crippen LogP contribution in [0.1, 0.15) is 239 Å². The number of benzene rings is 10. The van der Waals surface area contributed by atoms with Crippen molar-refractivity contribution in [3.63, 3.8) is 0 Å². The molecular formula is C109H113N5. The molecule has 5 aliphatic carbocycles. The van der Waals surface area contributed by atoms with Gasteiger partial charge in [-0.1, -0.05) is 300 Å². The van der Waals surface area contributed by atoms with Crippen molar-refractivity contribution in [1.29, 1.82) is 0 Å². The Bertz CT molecular complexity index is 5690. The molecule has 0 atom stereocenters. The first-order valence-corrected chi connectivity index (χ1v) is 43.4. The fourth-order valence-corrected chi connectivity index (χ4v) is 19.5. The topological polar surface area (TPSA) is 64.5 Å². The first-order chi connectivity index (χ1) is 56.0. The van der Waals surface area contributed by atoms with Crippen molar-refractivity contribution in [1.82, 2.24) is 24.9 Å². The SMILES string of the molecule is Cc1cc(C)cc(-c2cc(C3CCCCC3)c3ccccc3n2)c1.Cc1cc(C)cc(-c2ccc3ccc(C4CCCC4)cc3n2)c1.Cc1cccc(-c2cc(C3CCCCC3)c3ccccc3n2)c1.c1ccc(-c2cc(C3CCCCC3)c3ccccc3n2)cc1.c1ccc(-c2ccc3c(C4CCCCC4)cccc3n2)cc1. The average Bonchev–Trinajstić information content (AvgIpc) is 0.884. The molecule has 5 aliphatic rings. The third-order valence-electron chi connectivity index (χ3n) is 25.2. The van der Waals surface area contributed by atoms with Crippen LogP contribution in [-0.4, -0.2) is 24.9 Å². The second kappa shape index (κ2) is 37.0. The van der Waals surface area contributed by atoms with Crippen LogP contribution in [0.15, 0.2) is 273 Å². The summed E-state index contributed by atoms with van der Waals surface area (Å²) in [6.45, 7) is 10.8. The monoisotopic (exact) mass is 1490 g/mol. The molecule has 5 nitrogen and oxygen atoms in total.